The Morgan fingerprint density at radius 1 is 1.38 bits per heavy atom. The number of primary amides is 1. The molecular formula is C11H8BrNO3. The molecule has 2 aromatic rings. The monoisotopic (exact) mass is 281 g/mol. The number of fused-ring (bicyclic) bond motifs is 1. The van der Waals surface area contributed by atoms with Gasteiger partial charge in [0.2, 0.25) is 0 Å². The largest absolute Gasteiger partial charge is 0.422 e. The molecule has 1 amide bonds. The van der Waals surface area contributed by atoms with Crippen molar-refractivity contribution < 1.29 is 9.21 Å². The van der Waals surface area contributed by atoms with Crippen molar-refractivity contribution in [1.29, 1.82) is 0 Å². The second-order valence-corrected chi connectivity index (χ2v) is 4.37. The Morgan fingerprint density at radius 3 is 2.69 bits per heavy atom. The molecule has 0 saturated heterocycles. The van der Waals surface area contributed by atoms with Gasteiger partial charge in [-0.3, -0.25) is 4.79 Å². The van der Waals surface area contributed by atoms with Crippen LogP contribution in [-0.2, 0) is 0 Å². The average molecular weight is 282 g/mol. The zero-order valence-corrected chi connectivity index (χ0v) is 10.00. The highest BCUT2D eigenvalue weighted by Gasteiger charge is 2.11. The highest BCUT2D eigenvalue weighted by Crippen LogP contribution is 2.23. The summed E-state index contributed by atoms with van der Waals surface area (Å²) < 4.78 is 5.91. The van der Waals surface area contributed by atoms with Gasteiger partial charge >= 0.3 is 5.63 Å². The molecule has 0 aliphatic heterocycles. The number of halogens is 1. The van der Waals surface area contributed by atoms with Gasteiger partial charge in [0, 0.05) is 9.86 Å². The minimum atomic E-state index is -0.784. The number of hydrogen-bond donors (Lipinski definition) is 1. The lowest BCUT2D eigenvalue weighted by Crippen LogP contribution is -2.20. The van der Waals surface area contributed by atoms with Crippen LogP contribution >= 0.6 is 15.9 Å². The van der Waals surface area contributed by atoms with Crippen LogP contribution in [0.3, 0.4) is 0 Å². The van der Waals surface area contributed by atoms with Crippen LogP contribution in [0.2, 0.25) is 0 Å². The van der Waals surface area contributed by atoms with Crippen LogP contribution in [-0.4, -0.2) is 5.91 Å². The third-order valence-corrected chi connectivity index (χ3v) is 2.71. The van der Waals surface area contributed by atoms with Crippen LogP contribution in [0.1, 0.15) is 15.9 Å². The second kappa shape index (κ2) is 3.75. The maximum Gasteiger partial charge on any atom is 0.349 e. The van der Waals surface area contributed by atoms with Crippen LogP contribution < -0.4 is 11.4 Å². The second-order valence-electron chi connectivity index (χ2n) is 3.45. The molecule has 0 spiro atoms. The van der Waals surface area contributed by atoms with Crippen molar-refractivity contribution in [3.8, 4) is 0 Å². The van der Waals surface area contributed by atoms with Gasteiger partial charge in [-0.15, -0.1) is 0 Å². The van der Waals surface area contributed by atoms with E-state index in [-0.39, 0.29) is 5.56 Å². The summed E-state index contributed by atoms with van der Waals surface area (Å²) in [5, 5.41) is 0.667. The van der Waals surface area contributed by atoms with Gasteiger partial charge in [-0.25, -0.2) is 4.79 Å². The van der Waals surface area contributed by atoms with E-state index in [1.165, 1.54) is 6.07 Å². The molecule has 0 aliphatic rings. The molecule has 16 heavy (non-hydrogen) atoms. The fourth-order valence-electron chi connectivity index (χ4n) is 1.54. The number of rotatable bonds is 1. The Balaban J connectivity index is 2.90. The fourth-order valence-corrected chi connectivity index (χ4v) is 2.13. The van der Waals surface area contributed by atoms with Gasteiger partial charge in [0.25, 0.3) is 5.91 Å². The summed E-state index contributed by atoms with van der Waals surface area (Å²) in [6.45, 7) is 1.82. The Morgan fingerprint density at radius 2 is 2.06 bits per heavy atom. The predicted octanol–water partition coefficient (Wildman–Crippen LogP) is 1.96. The standard InChI is InChI=1S/C11H8BrNO3/c1-5-2-7(12)3-6-4-8(10(13)14)11(15)16-9(5)6/h2-4H,1H3,(H2,13,14). The van der Waals surface area contributed by atoms with E-state index in [0.717, 1.165) is 10.0 Å². The lowest BCUT2D eigenvalue weighted by molar-refractivity contribution is 0.0997. The highest BCUT2D eigenvalue weighted by molar-refractivity contribution is 9.10. The third kappa shape index (κ3) is 1.74. The fraction of sp³-hybridized carbons (Fsp3) is 0.0909. The van der Waals surface area contributed by atoms with E-state index in [9.17, 15) is 9.59 Å². The first-order valence-corrected chi connectivity index (χ1v) is 5.32. The van der Waals surface area contributed by atoms with Gasteiger partial charge in [0.05, 0.1) is 0 Å². The molecule has 2 N–H and O–H groups in total. The lowest BCUT2D eigenvalue weighted by atomic mass is 10.1. The van der Waals surface area contributed by atoms with E-state index < -0.39 is 11.5 Å². The van der Waals surface area contributed by atoms with Crippen molar-refractivity contribution in [1.82, 2.24) is 0 Å². The van der Waals surface area contributed by atoms with Gasteiger partial charge in [-0.1, -0.05) is 15.9 Å². The van der Waals surface area contributed by atoms with Crippen molar-refractivity contribution in [2.24, 2.45) is 5.73 Å². The molecule has 2 rings (SSSR count). The minimum Gasteiger partial charge on any atom is -0.422 e. The minimum absolute atomic E-state index is 0.134. The molecule has 0 radical (unpaired) electrons. The normalized spacial score (nSPS) is 10.6. The molecule has 0 fully saturated rings. The zero-order chi connectivity index (χ0) is 11.9. The average Bonchev–Trinajstić information content (AvgIpc) is 2.18. The van der Waals surface area contributed by atoms with E-state index in [1.807, 2.05) is 13.0 Å². The Hall–Kier alpha value is -1.62. The zero-order valence-electron chi connectivity index (χ0n) is 8.41. The molecule has 1 heterocycles. The number of amides is 1. The first kappa shape index (κ1) is 10.9. The smallest absolute Gasteiger partial charge is 0.349 e. The summed E-state index contributed by atoms with van der Waals surface area (Å²) in [6, 6.07) is 5.04. The molecule has 1 aromatic heterocycles. The van der Waals surface area contributed by atoms with Gasteiger partial charge < -0.3 is 10.2 Å². The number of nitrogens with two attached hydrogens (primary N) is 1. The third-order valence-electron chi connectivity index (χ3n) is 2.25. The molecule has 0 atom stereocenters. The van der Waals surface area contributed by atoms with E-state index >= 15 is 0 Å². The molecule has 82 valence electrons. The Kier molecular flexibility index (Phi) is 2.55. The molecular weight excluding hydrogens is 274 g/mol. The quantitative estimate of drug-likeness (QED) is 0.812. The van der Waals surface area contributed by atoms with Crippen LogP contribution in [0.25, 0.3) is 11.0 Å². The molecule has 4 nitrogen and oxygen atoms in total. The van der Waals surface area contributed by atoms with Crippen LogP contribution in [0.15, 0.2) is 31.9 Å². The van der Waals surface area contributed by atoms with E-state index in [0.29, 0.717) is 11.0 Å². The topological polar surface area (TPSA) is 73.3 Å². The summed E-state index contributed by atoms with van der Waals surface area (Å²) in [7, 11) is 0. The summed E-state index contributed by atoms with van der Waals surface area (Å²) in [4.78, 5) is 22.4. The molecule has 0 bridgehead atoms. The van der Waals surface area contributed by atoms with Crippen molar-refractivity contribution >= 4 is 32.8 Å². The van der Waals surface area contributed by atoms with Crippen molar-refractivity contribution in [2.45, 2.75) is 6.92 Å². The number of benzene rings is 1. The van der Waals surface area contributed by atoms with Crippen molar-refractivity contribution in [2.75, 3.05) is 0 Å². The maximum absolute atomic E-state index is 11.4. The van der Waals surface area contributed by atoms with Gasteiger partial charge in [0.15, 0.2) is 0 Å². The van der Waals surface area contributed by atoms with Crippen molar-refractivity contribution in [3.05, 3.63) is 44.2 Å². The Bertz CT molecular complexity index is 645. The molecule has 5 heteroatoms. The predicted molar refractivity (Wildman–Crippen MR) is 63.4 cm³/mol. The van der Waals surface area contributed by atoms with Gasteiger partial charge in [-0.2, -0.15) is 0 Å². The Labute approximate surface area is 99.2 Å². The van der Waals surface area contributed by atoms with E-state index in [1.54, 1.807) is 6.07 Å². The first-order valence-electron chi connectivity index (χ1n) is 4.53. The van der Waals surface area contributed by atoms with Crippen LogP contribution in [0.5, 0.6) is 0 Å². The van der Waals surface area contributed by atoms with Crippen molar-refractivity contribution in [3.63, 3.8) is 0 Å². The number of carbonyl (C=O) groups excluding carboxylic acids is 1. The molecule has 1 aromatic carbocycles. The van der Waals surface area contributed by atoms with E-state index in [4.69, 9.17) is 10.2 Å². The van der Waals surface area contributed by atoms with Gasteiger partial charge in [0.1, 0.15) is 11.1 Å². The molecule has 0 unspecified atom stereocenters. The first-order chi connectivity index (χ1) is 7.49. The van der Waals surface area contributed by atoms with E-state index in [2.05, 4.69) is 15.9 Å². The summed E-state index contributed by atoms with van der Waals surface area (Å²) in [5.74, 6) is -0.784. The summed E-state index contributed by atoms with van der Waals surface area (Å²) >= 11 is 3.33. The van der Waals surface area contributed by atoms with Crippen LogP contribution in [0, 0.1) is 6.92 Å². The maximum atomic E-state index is 11.4. The number of hydrogen-bond acceptors (Lipinski definition) is 3. The number of aryl methyl sites for hydroxylation is 1. The SMILES string of the molecule is Cc1cc(Br)cc2cc(C(N)=O)c(=O)oc12. The van der Waals surface area contributed by atoms with Crippen LogP contribution in [0.4, 0.5) is 0 Å². The number of carbonyl (C=O) groups is 1. The summed E-state index contributed by atoms with van der Waals surface area (Å²) in [5.41, 5.74) is 5.52. The highest BCUT2D eigenvalue weighted by atomic mass is 79.9. The lowest BCUT2D eigenvalue weighted by Gasteiger charge is -2.02. The van der Waals surface area contributed by atoms with Gasteiger partial charge in [-0.05, 0) is 30.7 Å². The molecule has 0 aliphatic carbocycles. The molecule has 0 saturated carbocycles. The summed E-state index contributed by atoms with van der Waals surface area (Å²) in [6.07, 6.45) is 0.